The van der Waals surface area contributed by atoms with Crippen LogP contribution in [0.3, 0.4) is 0 Å². The number of nitrogens with zero attached hydrogens (tertiary/aromatic N) is 1. The van der Waals surface area contributed by atoms with Crippen LogP contribution in [-0.2, 0) is 14.9 Å². The normalized spacial score (nSPS) is 11.0. The van der Waals surface area contributed by atoms with Crippen LogP contribution < -0.4 is 0 Å². The zero-order chi connectivity index (χ0) is 11.6. The Morgan fingerprint density at radius 1 is 1.47 bits per heavy atom. The summed E-state index contributed by atoms with van der Waals surface area (Å²) in [6.45, 7) is 0. The zero-order valence-electron chi connectivity index (χ0n) is 7.24. The second-order valence-corrected chi connectivity index (χ2v) is 5.39. The third-order valence-electron chi connectivity index (χ3n) is 1.74. The maximum absolute atomic E-state index is 11.1. The average Bonchev–Trinajstić information content (AvgIpc) is 2.15. The van der Waals surface area contributed by atoms with Gasteiger partial charge in [-0.2, -0.15) is 5.26 Å². The van der Waals surface area contributed by atoms with Crippen LogP contribution in [0.4, 0.5) is 0 Å². The lowest BCUT2D eigenvalue weighted by molar-refractivity contribution is 0.458. The Hall–Kier alpha value is -0.960. The van der Waals surface area contributed by atoms with E-state index in [1.54, 1.807) is 6.07 Å². The number of phenols is 1. The maximum atomic E-state index is 11.1. The Morgan fingerprint density at radius 2 is 2.07 bits per heavy atom. The predicted octanol–water partition coefficient (Wildman–Crippen LogP) is 1.93. The molecule has 0 aliphatic carbocycles. The lowest BCUT2D eigenvalue weighted by Gasteiger charge is -2.07. The van der Waals surface area contributed by atoms with Crippen LogP contribution >= 0.6 is 22.3 Å². The van der Waals surface area contributed by atoms with Crippen molar-refractivity contribution in [1.82, 2.24) is 0 Å². The molecule has 1 rings (SSSR count). The smallest absolute Gasteiger partial charge is 0.265 e. The highest BCUT2D eigenvalue weighted by Crippen LogP contribution is 2.32. The van der Waals surface area contributed by atoms with Crippen LogP contribution in [0.15, 0.2) is 17.0 Å². The van der Waals surface area contributed by atoms with Crippen molar-refractivity contribution in [2.75, 3.05) is 0 Å². The number of nitriles is 1. The highest BCUT2D eigenvalue weighted by Gasteiger charge is 2.22. The molecule has 0 spiro atoms. The lowest BCUT2D eigenvalue weighted by Crippen LogP contribution is -2.00. The number of alkyl halides is 1. The fraction of sp³-hybridized carbons (Fsp3) is 0.125. The quantitative estimate of drug-likeness (QED) is 0.655. The molecule has 1 aromatic carbocycles. The van der Waals surface area contributed by atoms with Crippen molar-refractivity contribution in [2.45, 2.75) is 10.8 Å². The summed E-state index contributed by atoms with van der Waals surface area (Å²) < 4.78 is 22.3. The molecule has 0 amide bonds. The molecule has 4 nitrogen and oxygen atoms in total. The van der Waals surface area contributed by atoms with Gasteiger partial charge in [0, 0.05) is 16.2 Å². The van der Waals surface area contributed by atoms with E-state index in [4.69, 9.17) is 27.5 Å². The standard InChI is InChI=1S/C8H5Cl2NO3S/c9-3-6-5(4-11)1-2-7(12)8(6)15(10,13)14/h1-2,12H,3H2. The topological polar surface area (TPSA) is 78.2 Å². The average molecular weight is 266 g/mol. The summed E-state index contributed by atoms with van der Waals surface area (Å²) in [5.41, 5.74) is 0.0798. The molecule has 0 saturated carbocycles. The first-order valence-corrected chi connectivity index (χ1v) is 6.51. The molecule has 15 heavy (non-hydrogen) atoms. The van der Waals surface area contributed by atoms with Gasteiger partial charge in [-0.15, -0.1) is 11.6 Å². The summed E-state index contributed by atoms with van der Waals surface area (Å²) in [6, 6.07) is 4.13. The van der Waals surface area contributed by atoms with Gasteiger partial charge < -0.3 is 5.11 Å². The highest BCUT2D eigenvalue weighted by atomic mass is 35.7. The van der Waals surface area contributed by atoms with Crippen LogP contribution in [0.5, 0.6) is 5.75 Å². The fourth-order valence-corrected chi connectivity index (χ4v) is 2.79. The molecular formula is C8H5Cl2NO3S. The number of aromatic hydroxyl groups is 1. The third kappa shape index (κ3) is 2.34. The van der Waals surface area contributed by atoms with Crippen molar-refractivity contribution < 1.29 is 13.5 Å². The van der Waals surface area contributed by atoms with Gasteiger partial charge in [0.2, 0.25) is 0 Å². The Labute approximate surface area is 96.1 Å². The van der Waals surface area contributed by atoms with E-state index in [-0.39, 0.29) is 17.0 Å². The molecule has 1 N–H and O–H groups in total. The third-order valence-corrected chi connectivity index (χ3v) is 3.41. The van der Waals surface area contributed by atoms with Crippen molar-refractivity contribution in [2.24, 2.45) is 0 Å². The minimum Gasteiger partial charge on any atom is -0.507 e. The minimum atomic E-state index is -4.12. The van der Waals surface area contributed by atoms with E-state index in [9.17, 15) is 13.5 Å². The number of rotatable bonds is 2. The Morgan fingerprint density at radius 3 is 2.47 bits per heavy atom. The number of hydrogen-bond donors (Lipinski definition) is 1. The molecule has 0 fully saturated rings. The molecule has 1 aromatic rings. The van der Waals surface area contributed by atoms with Crippen LogP contribution in [0.1, 0.15) is 11.1 Å². The van der Waals surface area contributed by atoms with Gasteiger partial charge in [0.05, 0.1) is 17.5 Å². The van der Waals surface area contributed by atoms with E-state index >= 15 is 0 Å². The Balaban J connectivity index is 3.71. The van der Waals surface area contributed by atoms with E-state index in [0.717, 1.165) is 6.07 Å². The van der Waals surface area contributed by atoms with Crippen molar-refractivity contribution in [1.29, 1.82) is 5.26 Å². The Bertz CT molecular complexity index is 534. The summed E-state index contributed by atoms with van der Waals surface area (Å²) in [7, 11) is 0.999. The predicted molar refractivity (Wildman–Crippen MR) is 55.4 cm³/mol. The van der Waals surface area contributed by atoms with Gasteiger partial charge in [-0.3, -0.25) is 0 Å². The van der Waals surface area contributed by atoms with E-state index in [2.05, 4.69) is 0 Å². The number of benzene rings is 1. The first-order chi connectivity index (χ1) is 6.91. The van der Waals surface area contributed by atoms with Gasteiger partial charge in [0.25, 0.3) is 9.05 Å². The number of phenolic OH excluding ortho intramolecular Hbond substituents is 1. The van der Waals surface area contributed by atoms with Gasteiger partial charge in [-0.1, -0.05) is 0 Å². The van der Waals surface area contributed by atoms with Crippen LogP contribution in [-0.4, -0.2) is 13.5 Å². The fourth-order valence-electron chi connectivity index (χ4n) is 1.12. The summed E-state index contributed by atoms with van der Waals surface area (Å²) >= 11 is 5.51. The van der Waals surface area contributed by atoms with Gasteiger partial charge >= 0.3 is 0 Å². The largest absolute Gasteiger partial charge is 0.507 e. The summed E-state index contributed by atoms with van der Waals surface area (Å²) in [6.07, 6.45) is 0. The number of halogens is 2. The summed E-state index contributed by atoms with van der Waals surface area (Å²) in [5, 5.41) is 18.0. The number of hydrogen-bond acceptors (Lipinski definition) is 4. The van der Waals surface area contributed by atoms with Gasteiger partial charge in [0.15, 0.2) is 0 Å². The molecule has 0 saturated heterocycles. The van der Waals surface area contributed by atoms with Crippen molar-refractivity contribution in [3.05, 3.63) is 23.3 Å². The lowest BCUT2D eigenvalue weighted by atomic mass is 10.1. The highest BCUT2D eigenvalue weighted by molar-refractivity contribution is 8.13. The van der Waals surface area contributed by atoms with Crippen LogP contribution in [0.2, 0.25) is 0 Å². The first kappa shape index (κ1) is 12.1. The summed E-state index contributed by atoms with van der Waals surface area (Å²) in [5.74, 6) is -0.738. The minimum absolute atomic E-state index is 0.00849. The second-order valence-electron chi connectivity index (χ2n) is 2.62. The van der Waals surface area contributed by atoms with Crippen molar-refractivity contribution >= 4 is 31.3 Å². The molecule has 80 valence electrons. The summed E-state index contributed by atoms with van der Waals surface area (Å²) in [4.78, 5) is -0.502. The maximum Gasteiger partial charge on any atom is 0.265 e. The second kappa shape index (κ2) is 4.27. The molecule has 0 bridgehead atoms. The molecule has 0 heterocycles. The Kier molecular flexibility index (Phi) is 3.45. The van der Waals surface area contributed by atoms with Gasteiger partial charge in [-0.05, 0) is 12.1 Å². The SMILES string of the molecule is N#Cc1ccc(O)c(S(=O)(=O)Cl)c1CCl. The molecule has 0 aromatic heterocycles. The molecular weight excluding hydrogens is 261 g/mol. The van der Waals surface area contributed by atoms with Crippen molar-refractivity contribution in [3.8, 4) is 11.8 Å². The molecule has 0 aliphatic rings. The molecule has 7 heteroatoms. The van der Waals surface area contributed by atoms with Gasteiger partial charge in [0.1, 0.15) is 10.6 Å². The zero-order valence-corrected chi connectivity index (χ0v) is 9.57. The monoisotopic (exact) mass is 265 g/mol. The molecule has 0 unspecified atom stereocenters. The molecule has 0 aliphatic heterocycles. The van der Waals surface area contributed by atoms with E-state index in [1.807, 2.05) is 0 Å². The molecule has 0 atom stereocenters. The van der Waals surface area contributed by atoms with Crippen molar-refractivity contribution in [3.63, 3.8) is 0 Å². The van der Waals surface area contributed by atoms with Gasteiger partial charge in [-0.25, -0.2) is 8.42 Å². The van der Waals surface area contributed by atoms with E-state index < -0.39 is 19.7 Å². The molecule has 0 radical (unpaired) electrons. The van der Waals surface area contributed by atoms with Crippen LogP contribution in [0, 0.1) is 11.3 Å². The van der Waals surface area contributed by atoms with Crippen LogP contribution in [0.25, 0.3) is 0 Å². The first-order valence-electron chi connectivity index (χ1n) is 3.67. The van der Waals surface area contributed by atoms with E-state index in [0.29, 0.717) is 0 Å². The van der Waals surface area contributed by atoms with E-state index in [1.165, 1.54) is 6.07 Å².